The van der Waals surface area contributed by atoms with E-state index in [0.29, 0.717) is 13.0 Å². The Morgan fingerprint density at radius 2 is 2.40 bits per heavy atom. The van der Waals surface area contributed by atoms with Gasteiger partial charge in [0.05, 0.1) is 6.61 Å². The van der Waals surface area contributed by atoms with Crippen LogP contribution in [-0.2, 0) is 0 Å². The van der Waals surface area contributed by atoms with E-state index in [4.69, 9.17) is 5.11 Å². The summed E-state index contributed by atoms with van der Waals surface area (Å²) in [6.07, 6.45) is 1.36. The summed E-state index contributed by atoms with van der Waals surface area (Å²) in [5, 5.41) is 8.67. The first-order chi connectivity index (χ1) is 4.66. The molecule has 0 amide bonds. The van der Waals surface area contributed by atoms with Gasteiger partial charge in [0.2, 0.25) is 0 Å². The van der Waals surface area contributed by atoms with Crippen LogP contribution in [0.25, 0.3) is 0 Å². The van der Waals surface area contributed by atoms with Crippen molar-refractivity contribution in [2.75, 3.05) is 26.7 Å². The molecular formula is C7H14FNO. The van der Waals surface area contributed by atoms with E-state index in [1.165, 1.54) is 0 Å². The average Bonchev–Trinajstić information content (AvgIpc) is 1.88. The fourth-order valence-corrected chi connectivity index (χ4v) is 1.44. The number of aliphatic hydroxyl groups excluding tert-OH is 1. The fraction of sp³-hybridized carbons (Fsp3) is 1.00. The number of nitrogens with zero attached hydrogens (tertiary/aromatic N) is 1. The second-order valence-corrected chi connectivity index (χ2v) is 3.15. The Hall–Kier alpha value is -0.150. The summed E-state index contributed by atoms with van der Waals surface area (Å²) in [4.78, 5) is 1.92. The topological polar surface area (TPSA) is 23.5 Å². The van der Waals surface area contributed by atoms with Crippen molar-refractivity contribution >= 4 is 0 Å². The van der Waals surface area contributed by atoms with Crippen molar-refractivity contribution in [1.82, 2.24) is 4.90 Å². The molecular weight excluding hydrogens is 133 g/mol. The van der Waals surface area contributed by atoms with Crippen molar-refractivity contribution in [2.45, 2.75) is 18.5 Å². The Morgan fingerprint density at radius 3 is 2.80 bits per heavy atom. The molecule has 0 saturated carbocycles. The van der Waals surface area contributed by atoms with E-state index in [1.807, 2.05) is 11.9 Å². The minimum absolute atomic E-state index is 0.336. The van der Waals surface area contributed by atoms with E-state index < -0.39 is 5.67 Å². The summed E-state index contributed by atoms with van der Waals surface area (Å²) in [5.74, 6) is 0. The third-order valence-corrected chi connectivity index (χ3v) is 2.00. The molecule has 1 aliphatic heterocycles. The van der Waals surface area contributed by atoms with Crippen molar-refractivity contribution in [3.05, 3.63) is 0 Å². The standard InChI is InChI=1S/C7H14FNO/c1-9-4-2-3-7(8,5-9)6-10/h10H,2-6H2,1H3. The third-order valence-electron chi connectivity index (χ3n) is 2.00. The summed E-state index contributed by atoms with van der Waals surface area (Å²) in [5.41, 5.74) is -1.33. The first-order valence-electron chi connectivity index (χ1n) is 3.65. The lowest BCUT2D eigenvalue weighted by atomic mass is 9.96. The number of rotatable bonds is 1. The Bertz CT molecular complexity index is 120. The first kappa shape index (κ1) is 7.95. The van der Waals surface area contributed by atoms with Gasteiger partial charge in [0.25, 0.3) is 0 Å². The highest BCUT2D eigenvalue weighted by molar-refractivity contribution is 4.85. The van der Waals surface area contributed by atoms with Gasteiger partial charge < -0.3 is 10.0 Å². The zero-order valence-electron chi connectivity index (χ0n) is 6.31. The summed E-state index contributed by atoms with van der Waals surface area (Å²) in [6, 6.07) is 0. The van der Waals surface area contributed by atoms with Crippen LogP contribution < -0.4 is 0 Å². The number of likely N-dealkylation sites (tertiary alicyclic amines) is 1. The minimum atomic E-state index is -1.33. The van der Waals surface area contributed by atoms with Gasteiger partial charge in [-0.25, -0.2) is 4.39 Å². The van der Waals surface area contributed by atoms with Gasteiger partial charge in [-0.3, -0.25) is 0 Å². The van der Waals surface area contributed by atoms with E-state index in [0.717, 1.165) is 13.0 Å². The monoisotopic (exact) mass is 147 g/mol. The largest absolute Gasteiger partial charge is 0.393 e. The van der Waals surface area contributed by atoms with Crippen molar-refractivity contribution in [3.8, 4) is 0 Å². The highest BCUT2D eigenvalue weighted by atomic mass is 19.1. The number of alkyl halides is 1. The molecule has 0 bridgehead atoms. The van der Waals surface area contributed by atoms with Crippen molar-refractivity contribution in [1.29, 1.82) is 0 Å². The predicted molar refractivity (Wildman–Crippen MR) is 37.7 cm³/mol. The second-order valence-electron chi connectivity index (χ2n) is 3.15. The quantitative estimate of drug-likeness (QED) is 0.580. The molecule has 1 fully saturated rings. The van der Waals surface area contributed by atoms with Gasteiger partial charge in [0, 0.05) is 6.54 Å². The van der Waals surface area contributed by atoms with E-state index >= 15 is 0 Å². The van der Waals surface area contributed by atoms with Gasteiger partial charge in [0.1, 0.15) is 5.67 Å². The van der Waals surface area contributed by atoms with Gasteiger partial charge in [-0.2, -0.15) is 0 Å². The van der Waals surface area contributed by atoms with Crippen LogP contribution in [0.3, 0.4) is 0 Å². The zero-order valence-corrected chi connectivity index (χ0v) is 6.31. The van der Waals surface area contributed by atoms with E-state index in [1.54, 1.807) is 0 Å². The average molecular weight is 147 g/mol. The predicted octanol–water partition coefficient (Wildman–Crippen LogP) is 0.413. The van der Waals surface area contributed by atoms with Crippen LogP contribution in [0.1, 0.15) is 12.8 Å². The highest BCUT2D eigenvalue weighted by Crippen LogP contribution is 2.23. The summed E-state index contributed by atoms with van der Waals surface area (Å²) >= 11 is 0. The molecule has 0 aromatic rings. The van der Waals surface area contributed by atoms with Gasteiger partial charge >= 0.3 is 0 Å². The lowest BCUT2D eigenvalue weighted by Gasteiger charge is -2.33. The Morgan fingerprint density at radius 1 is 1.70 bits per heavy atom. The Balaban J connectivity index is 2.45. The van der Waals surface area contributed by atoms with Crippen LogP contribution in [0.4, 0.5) is 4.39 Å². The fourth-order valence-electron chi connectivity index (χ4n) is 1.44. The number of halogens is 1. The van der Waals surface area contributed by atoms with E-state index in [2.05, 4.69) is 0 Å². The first-order valence-corrected chi connectivity index (χ1v) is 3.65. The van der Waals surface area contributed by atoms with Gasteiger partial charge in [-0.05, 0) is 26.4 Å². The maximum atomic E-state index is 13.3. The molecule has 2 nitrogen and oxygen atoms in total. The van der Waals surface area contributed by atoms with Crippen LogP contribution in [0.15, 0.2) is 0 Å². The molecule has 0 spiro atoms. The Kier molecular flexibility index (Phi) is 2.26. The van der Waals surface area contributed by atoms with Crippen LogP contribution >= 0.6 is 0 Å². The molecule has 0 aliphatic carbocycles. The van der Waals surface area contributed by atoms with Crippen LogP contribution in [-0.4, -0.2) is 42.4 Å². The molecule has 1 N–H and O–H groups in total. The van der Waals surface area contributed by atoms with E-state index in [-0.39, 0.29) is 6.61 Å². The maximum absolute atomic E-state index is 13.3. The number of hydrogen-bond acceptors (Lipinski definition) is 2. The lowest BCUT2D eigenvalue weighted by molar-refractivity contribution is 0.00755. The van der Waals surface area contributed by atoms with Gasteiger partial charge in [-0.15, -0.1) is 0 Å². The third kappa shape index (κ3) is 1.67. The highest BCUT2D eigenvalue weighted by Gasteiger charge is 2.33. The normalized spacial score (nSPS) is 36.3. The number of piperidine rings is 1. The van der Waals surface area contributed by atoms with Crippen molar-refractivity contribution in [2.24, 2.45) is 0 Å². The maximum Gasteiger partial charge on any atom is 0.146 e. The molecule has 60 valence electrons. The van der Waals surface area contributed by atoms with Crippen LogP contribution in [0, 0.1) is 0 Å². The van der Waals surface area contributed by atoms with Crippen LogP contribution in [0.2, 0.25) is 0 Å². The molecule has 0 aromatic heterocycles. The van der Waals surface area contributed by atoms with Crippen molar-refractivity contribution in [3.63, 3.8) is 0 Å². The SMILES string of the molecule is CN1CCCC(F)(CO)C1. The molecule has 10 heavy (non-hydrogen) atoms. The molecule has 1 atom stereocenters. The minimum Gasteiger partial charge on any atom is -0.393 e. The smallest absolute Gasteiger partial charge is 0.146 e. The van der Waals surface area contributed by atoms with Gasteiger partial charge in [0.15, 0.2) is 0 Å². The second kappa shape index (κ2) is 2.84. The molecule has 1 heterocycles. The molecule has 1 unspecified atom stereocenters. The number of aliphatic hydroxyl groups is 1. The summed E-state index contributed by atoms with van der Waals surface area (Å²) < 4.78 is 13.3. The molecule has 0 aromatic carbocycles. The summed E-state index contributed by atoms with van der Waals surface area (Å²) in [7, 11) is 1.88. The summed E-state index contributed by atoms with van der Waals surface area (Å²) in [6.45, 7) is 0.993. The molecule has 1 saturated heterocycles. The zero-order chi connectivity index (χ0) is 7.61. The van der Waals surface area contributed by atoms with E-state index in [9.17, 15) is 4.39 Å². The molecule has 0 radical (unpaired) electrons. The van der Waals surface area contributed by atoms with Gasteiger partial charge in [-0.1, -0.05) is 0 Å². The molecule has 3 heteroatoms. The van der Waals surface area contributed by atoms with Crippen molar-refractivity contribution < 1.29 is 9.50 Å². The Labute approximate surface area is 60.6 Å². The molecule has 1 aliphatic rings. The molecule has 1 rings (SSSR count). The van der Waals surface area contributed by atoms with Crippen LogP contribution in [0.5, 0.6) is 0 Å². The number of hydrogen-bond donors (Lipinski definition) is 1. The lowest BCUT2D eigenvalue weighted by Crippen LogP contribution is -2.45.